The molecule has 3 saturated carbocycles. The molecule has 0 aromatic carbocycles. The number of aliphatic hydroxyl groups excluding tert-OH is 1. The number of aliphatic hydroxyl groups is 1. The van der Waals surface area contributed by atoms with Crippen molar-refractivity contribution in [2.75, 3.05) is 5.75 Å². The molecule has 3 aliphatic carbocycles. The van der Waals surface area contributed by atoms with E-state index in [1.54, 1.807) is 6.08 Å². The summed E-state index contributed by atoms with van der Waals surface area (Å²) in [5.74, 6) is -0.314. The summed E-state index contributed by atoms with van der Waals surface area (Å²) in [5.41, 5.74) is -1.43. The smallest absolute Gasteiger partial charge is 0.316 e. The Balaban J connectivity index is 2.10. The van der Waals surface area contributed by atoms with Crippen LogP contribution in [0.2, 0.25) is 0 Å². The average Bonchev–Trinajstić information content (AvgIpc) is 3.05. The van der Waals surface area contributed by atoms with Crippen LogP contribution in [-0.4, -0.2) is 39.9 Å². The van der Waals surface area contributed by atoms with E-state index in [1.807, 2.05) is 6.92 Å². The molecule has 3 rings (SSSR count). The van der Waals surface area contributed by atoms with Crippen molar-refractivity contribution in [3.8, 4) is 0 Å². The summed E-state index contributed by atoms with van der Waals surface area (Å²) in [4.78, 5) is 37.3. The van der Waals surface area contributed by atoms with Crippen molar-refractivity contribution in [3.63, 3.8) is 0 Å². The zero-order chi connectivity index (χ0) is 22.5. The third kappa shape index (κ3) is 3.48. The summed E-state index contributed by atoms with van der Waals surface area (Å²) >= 11 is 0.936. The molecule has 3 aliphatic rings. The minimum atomic E-state index is -0.672. The molecule has 0 aromatic heterocycles. The Kier molecular flexibility index (Phi) is 6.34. The number of carbonyl (C=O) groups is 3. The number of ketones is 1. The van der Waals surface area contributed by atoms with Gasteiger partial charge in [0.25, 0.3) is 0 Å². The molecule has 5 unspecified atom stereocenters. The standard InChI is InChI=1S/C24H36O5S/c1-7-22(5)12-18(29-19(27)13-30-16(4)25)23(6)14(2)8-10-24(15(3)21(22)28)11-9-17(26)20(23)24/h7,14-15,18,20-21,28H,1,8-13H2,2-6H3/t14?,15?,18?,20?,21?,22-,23+,24+/m1/s1. The summed E-state index contributed by atoms with van der Waals surface area (Å²) in [7, 11) is 0. The van der Waals surface area contributed by atoms with Crippen LogP contribution in [0.25, 0.3) is 0 Å². The number of Topliss-reactive ketones (excluding diaryl/α,β-unsaturated/α-hetero) is 1. The maximum Gasteiger partial charge on any atom is 0.316 e. The zero-order valence-corrected chi connectivity index (χ0v) is 19.7. The summed E-state index contributed by atoms with van der Waals surface area (Å²) in [6.07, 6.45) is 4.17. The lowest BCUT2D eigenvalue weighted by Crippen LogP contribution is -2.63. The molecule has 2 bridgehead atoms. The normalized spacial score (nSPS) is 45.8. The number of thioether (sulfide) groups is 1. The van der Waals surface area contributed by atoms with Gasteiger partial charge in [0.15, 0.2) is 5.12 Å². The molecule has 0 spiro atoms. The average molecular weight is 437 g/mol. The first-order valence-electron chi connectivity index (χ1n) is 11.1. The summed E-state index contributed by atoms with van der Waals surface area (Å²) in [6, 6.07) is 0. The Labute approximate surface area is 184 Å². The second-order valence-electron chi connectivity index (χ2n) is 10.3. The van der Waals surface area contributed by atoms with Gasteiger partial charge in [0.1, 0.15) is 11.9 Å². The van der Waals surface area contributed by atoms with E-state index in [0.717, 1.165) is 31.0 Å². The van der Waals surface area contributed by atoms with Gasteiger partial charge in [-0.1, -0.05) is 45.5 Å². The molecule has 0 heterocycles. The molecule has 0 aliphatic heterocycles. The van der Waals surface area contributed by atoms with Crippen LogP contribution in [0, 0.1) is 34.0 Å². The highest BCUT2D eigenvalue weighted by Crippen LogP contribution is 2.67. The largest absolute Gasteiger partial charge is 0.461 e. The molecule has 0 saturated heterocycles. The van der Waals surface area contributed by atoms with Crippen LogP contribution in [0.1, 0.15) is 66.7 Å². The van der Waals surface area contributed by atoms with E-state index in [1.165, 1.54) is 6.92 Å². The van der Waals surface area contributed by atoms with Gasteiger partial charge >= 0.3 is 5.97 Å². The van der Waals surface area contributed by atoms with Gasteiger partial charge in [0, 0.05) is 30.1 Å². The molecule has 0 radical (unpaired) electrons. The highest BCUT2D eigenvalue weighted by atomic mass is 32.2. The van der Waals surface area contributed by atoms with Crippen LogP contribution in [0.4, 0.5) is 0 Å². The van der Waals surface area contributed by atoms with Crippen molar-refractivity contribution in [3.05, 3.63) is 12.7 Å². The van der Waals surface area contributed by atoms with E-state index in [0.29, 0.717) is 12.8 Å². The molecule has 30 heavy (non-hydrogen) atoms. The van der Waals surface area contributed by atoms with Crippen LogP contribution >= 0.6 is 11.8 Å². The first-order chi connectivity index (χ1) is 13.9. The number of ether oxygens (including phenoxy) is 1. The van der Waals surface area contributed by atoms with Crippen molar-refractivity contribution in [1.82, 2.24) is 0 Å². The van der Waals surface area contributed by atoms with Gasteiger partial charge in [-0.05, 0) is 42.9 Å². The van der Waals surface area contributed by atoms with Gasteiger partial charge in [-0.25, -0.2) is 0 Å². The van der Waals surface area contributed by atoms with Gasteiger partial charge in [0.2, 0.25) is 0 Å². The van der Waals surface area contributed by atoms with Crippen molar-refractivity contribution < 1.29 is 24.2 Å². The Morgan fingerprint density at radius 3 is 2.57 bits per heavy atom. The van der Waals surface area contributed by atoms with Gasteiger partial charge in [-0.15, -0.1) is 6.58 Å². The minimum Gasteiger partial charge on any atom is -0.461 e. The Hall–Kier alpha value is -1.14. The number of carbonyl (C=O) groups excluding carboxylic acids is 3. The molecule has 0 amide bonds. The first-order valence-corrected chi connectivity index (χ1v) is 12.1. The topological polar surface area (TPSA) is 80.7 Å². The third-order valence-corrected chi connectivity index (χ3v) is 9.76. The van der Waals surface area contributed by atoms with Gasteiger partial charge in [0.05, 0.1) is 11.9 Å². The minimum absolute atomic E-state index is 0.0379. The lowest BCUT2D eigenvalue weighted by atomic mass is 9.44. The molecule has 6 heteroatoms. The predicted octanol–water partition coefficient (Wildman–Crippen LogP) is 4.17. The van der Waals surface area contributed by atoms with Crippen LogP contribution in [0.5, 0.6) is 0 Å². The lowest BCUT2D eigenvalue weighted by molar-refractivity contribution is -0.205. The molecular weight excluding hydrogens is 400 g/mol. The van der Waals surface area contributed by atoms with Crippen molar-refractivity contribution >= 4 is 28.6 Å². The molecule has 1 N–H and O–H groups in total. The molecule has 168 valence electrons. The van der Waals surface area contributed by atoms with Crippen LogP contribution in [0.15, 0.2) is 12.7 Å². The quantitative estimate of drug-likeness (QED) is 0.526. The fraction of sp³-hybridized carbons (Fsp3) is 0.792. The number of hydrogen-bond donors (Lipinski definition) is 1. The predicted molar refractivity (Wildman–Crippen MR) is 118 cm³/mol. The maximum absolute atomic E-state index is 13.3. The monoisotopic (exact) mass is 436 g/mol. The molecule has 0 aromatic rings. The lowest BCUT2D eigenvalue weighted by Gasteiger charge is -2.61. The molecule has 5 nitrogen and oxygen atoms in total. The highest BCUT2D eigenvalue weighted by molar-refractivity contribution is 8.14. The fourth-order valence-electron chi connectivity index (χ4n) is 6.85. The summed E-state index contributed by atoms with van der Waals surface area (Å²) in [6.45, 7) is 13.8. The van der Waals surface area contributed by atoms with Crippen molar-refractivity contribution in [1.29, 1.82) is 0 Å². The van der Waals surface area contributed by atoms with E-state index in [4.69, 9.17) is 4.74 Å². The van der Waals surface area contributed by atoms with Gasteiger partial charge < -0.3 is 9.84 Å². The van der Waals surface area contributed by atoms with Gasteiger partial charge in [-0.2, -0.15) is 0 Å². The van der Waals surface area contributed by atoms with Crippen LogP contribution in [-0.2, 0) is 19.1 Å². The number of esters is 1. The number of rotatable bonds is 4. The van der Waals surface area contributed by atoms with E-state index in [2.05, 4.69) is 27.4 Å². The fourth-order valence-corrected chi connectivity index (χ4v) is 7.24. The van der Waals surface area contributed by atoms with Crippen molar-refractivity contribution in [2.45, 2.75) is 78.9 Å². The Morgan fingerprint density at radius 2 is 1.97 bits per heavy atom. The SMILES string of the molecule is C=C[C@]1(C)CC(OC(=O)CSC(C)=O)[C@]2(C)C(C)CC[C@]3(CCC(=O)C32)C(C)C1O. The molecule has 8 atom stereocenters. The molecular formula is C24H36O5S. The van der Waals surface area contributed by atoms with E-state index in [-0.39, 0.29) is 39.8 Å². The summed E-state index contributed by atoms with van der Waals surface area (Å²) in [5, 5.41) is 11.3. The Morgan fingerprint density at radius 1 is 1.30 bits per heavy atom. The second-order valence-corrected chi connectivity index (χ2v) is 11.5. The zero-order valence-electron chi connectivity index (χ0n) is 18.9. The van der Waals surface area contributed by atoms with Crippen LogP contribution < -0.4 is 0 Å². The first kappa shape index (κ1) is 23.5. The Bertz CT molecular complexity index is 750. The highest BCUT2D eigenvalue weighted by Gasteiger charge is 2.68. The second kappa shape index (κ2) is 8.09. The van der Waals surface area contributed by atoms with E-state index >= 15 is 0 Å². The third-order valence-electron chi connectivity index (χ3n) is 8.97. The van der Waals surface area contributed by atoms with Crippen LogP contribution in [0.3, 0.4) is 0 Å². The van der Waals surface area contributed by atoms with Gasteiger partial charge in [-0.3, -0.25) is 14.4 Å². The van der Waals surface area contributed by atoms with E-state index < -0.39 is 29.0 Å². The number of hydrogen-bond acceptors (Lipinski definition) is 6. The summed E-state index contributed by atoms with van der Waals surface area (Å²) < 4.78 is 6.05. The molecule has 3 fully saturated rings. The van der Waals surface area contributed by atoms with E-state index in [9.17, 15) is 19.5 Å². The van der Waals surface area contributed by atoms with Crippen molar-refractivity contribution in [2.24, 2.45) is 34.0 Å². The maximum atomic E-state index is 13.3.